The highest BCUT2D eigenvalue weighted by atomic mass is 32.1. The number of amides is 1. The summed E-state index contributed by atoms with van der Waals surface area (Å²) >= 11 is 5.34. The van der Waals surface area contributed by atoms with Crippen molar-refractivity contribution in [1.29, 1.82) is 0 Å². The van der Waals surface area contributed by atoms with E-state index in [4.69, 9.17) is 17.0 Å². The molecule has 0 aliphatic heterocycles. The highest BCUT2D eigenvalue weighted by Gasteiger charge is 2.15. The second kappa shape index (κ2) is 7.62. The minimum atomic E-state index is -0.340. The highest BCUT2D eigenvalue weighted by Crippen LogP contribution is 2.26. The maximum absolute atomic E-state index is 12.8. The Morgan fingerprint density at radius 2 is 1.68 bits per heavy atom. The number of hydrogen-bond donors (Lipinski definition) is 2. The lowest BCUT2D eigenvalue weighted by atomic mass is 10.1. The van der Waals surface area contributed by atoms with Crippen LogP contribution < -0.4 is 15.4 Å². The third kappa shape index (κ3) is 3.50. The van der Waals surface area contributed by atoms with E-state index in [1.807, 2.05) is 60.7 Å². The van der Waals surface area contributed by atoms with E-state index in [1.54, 1.807) is 19.4 Å². The molecule has 6 heteroatoms. The maximum atomic E-state index is 12.8. The van der Waals surface area contributed by atoms with Crippen LogP contribution in [0.4, 0.5) is 5.69 Å². The third-order valence-corrected chi connectivity index (χ3v) is 4.62. The lowest BCUT2D eigenvalue weighted by molar-refractivity contribution is 0.0975. The van der Waals surface area contributed by atoms with Gasteiger partial charge in [-0.2, -0.15) is 0 Å². The molecule has 0 aliphatic rings. The van der Waals surface area contributed by atoms with Crippen LogP contribution in [-0.4, -0.2) is 23.1 Å². The number of rotatable bonds is 3. The number of aromatic nitrogens is 1. The molecule has 0 saturated heterocycles. The van der Waals surface area contributed by atoms with Crippen molar-refractivity contribution in [2.24, 2.45) is 0 Å². The average Bonchev–Trinajstić information content (AvgIpc) is 2.73. The third-order valence-electron chi connectivity index (χ3n) is 4.42. The van der Waals surface area contributed by atoms with E-state index in [0.29, 0.717) is 11.3 Å². The lowest BCUT2D eigenvalue weighted by Crippen LogP contribution is -2.34. The number of methoxy groups -OCH3 is 1. The molecular formula is C22H17N3O2S. The molecular weight excluding hydrogens is 370 g/mol. The quantitative estimate of drug-likeness (QED) is 0.506. The summed E-state index contributed by atoms with van der Waals surface area (Å²) < 4.78 is 5.40. The minimum absolute atomic E-state index is 0.193. The Morgan fingerprint density at radius 3 is 2.46 bits per heavy atom. The van der Waals surface area contributed by atoms with Crippen LogP contribution in [0.1, 0.15) is 10.4 Å². The van der Waals surface area contributed by atoms with E-state index in [-0.39, 0.29) is 11.0 Å². The summed E-state index contributed by atoms with van der Waals surface area (Å²) in [4.78, 5) is 17.2. The number of para-hydroxylation sites is 1. The first kappa shape index (κ1) is 17.9. The predicted octanol–water partition coefficient (Wildman–Crippen LogP) is 4.52. The fourth-order valence-corrected chi connectivity index (χ4v) is 3.30. The summed E-state index contributed by atoms with van der Waals surface area (Å²) in [6.07, 6.45) is 1.72. The van der Waals surface area contributed by atoms with Crippen molar-refractivity contribution in [3.63, 3.8) is 0 Å². The van der Waals surface area contributed by atoms with Crippen LogP contribution in [0.25, 0.3) is 21.7 Å². The van der Waals surface area contributed by atoms with Crippen molar-refractivity contribution < 1.29 is 9.53 Å². The Morgan fingerprint density at radius 1 is 0.964 bits per heavy atom. The highest BCUT2D eigenvalue weighted by molar-refractivity contribution is 7.80. The fourth-order valence-electron chi connectivity index (χ4n) is 3.09. The predicted molar refractivity (Wildman–Crippen MR) is 116 cm³/mol. The first-order chi connectivity index (χ1) is 13.7. The molecule has 0 atom stereocenters. The Kier molecular flexibility index (Phi) is 4.87. The van der Waals surface area contributed by atoms with Gasteiger partial charge < -0.3 is 10.1 Å². The van der Waals surface area contributed by atoms with E-state index in [1.165, 1.54) is 0 Å². The Bertz CT molecular complexity index is 1200. The van der Waals surface area contributed by atoms with Crippen LogP contribution in [0, 0.1) is 0 Å². The summed E-state index contributed by atoms with van der Waals surface area (Å²) in [6, 6.07) is 21.0. The molecule has 0 spiro atoms. The van der Waals surface area contributed by atoms with Gasteiger partial charge in [0.05, 0.1) is 23.9 Å². The number of thiocarbonyl (C=S) groups is 1. The molecule has 0 radical (unpaired) electrons. The average molecular weight is 387 g/mol. The number of ether oxygens (including phenoxy) is 1. The molecule has 3 aromatic carbocycles. The van der Waals surface area contributed by atoms with Crippen LogP contribution in [-0.2, 0) is 0 Å². The van der Waals surface area contributed by atoms with Gasteiger partial charge in [-0.3, -0.25) is 15.1 Å². The zero-order chi connectivity index (χ0) is 19.5. The summed E-state index contributed by atoms with van der Waals surface area (Å²) in [5.74, 6) is 0.152. The smallest absolute Gasteiger partial charge is 0.261 e. The number of pyridine rings is 1. The Hall–Kier alpha value is -3.51. The van der Waals surface area contributed by atoms with Gasteiger partial charge in [0, 0.05) is 11.6 Å². The van der Waals surface area contributed by atoms with Gasteiger partial charge in [-0.15, -0.1) is 0 Å². The molecule has 4 aromatic rings. The monoisotopic (exact) mass is 387 g/mol. The molecule has 1 aromatic heterocycles. The van der Waals surface area contributed by atoms with Crippen molar-refractivity contribution in [3.8, 4) is 5.75 Å². The van der Waals surface area contributed by atoms with Gasteiger partial charge in [0.2, 0.25) is 0 Å². The number of nitrogens with zero attached hydrogens (tertiary/aromatic N) is 1. The molecule has 138 valence electrons. The number of carbonyl (C=O) groups is 1. The van der Waals surface area contributed by atoms with Crippen LogP contribution >= 0.6 is 12.2 Å². The van der Waals surface area contributed by atoms with Gasteiger partial charge in [-0.25, -0.2) is 0 Å². The number of nitrogens with one attached hydrogen (secondary N) is 2. The SMILES string of the molecule is COc1cc2ccccc2cc1C(=O)NC(=S)Nc1cccc2cccnc12. The number of anilines is 1. The van der Waals surface area contributed by atoms with Crippen molar-refractivity contribution >= 4 is 50.6 Å². The molecule has 1 heterocycles. The summed E-state index contributed by atoms with van der Waals surface area (Å²) in [6.45, 7) is 0. The number of benzene rings is 3. The van der Waals surface area contributed by atoms with Gasteiger partial charge in [0.15, 0.2) is 5.11 Å². The Balaban J connectivity index is 1.58. The minimum Gasteiger partial charge on any atom is -0.496 e. The molecule has 1 amide bonds. The van der Waals surface area contributed by atoms with E-state index >= 15 is 0 Å². The molecule has 0 bridgehead atoms. The van der Waals surface area contributed by atoms with Crippen LogP contribution in [0.2, 0.25) is 0 Å². The van der Waals surface area contributed by atoms with E-state index in [9.17, 15) is 4.79 Å². The lowest BCUT2D eigenvalue weighted by Gasteiger charge is -2.13. The molecule has 28 heavy (non-hydrogen) atoms. The molecule has 4 rings (SSSR count). The molecule has 0 fully saturated rings. The zero-order valence-corrected chi connectivity index (χ0v) is 15.9. The maximum Gasteiger partial charge on any atom is 0.261 e. The molecule has 5 nitrogen and oxygen atoms in total. The number of carbonyl (C=O) groups excluding carboxylic acids is 1. The van der Waals surface area contributed by atoms with Crippen molar-refractivity contribution in [2.45, 2.75) is 0 Å². The summed E-state index contributed by atoms with van der Waals surface area (Å²) in [7, 11) is 1.54. The van der Waals surface area contributed by atoms with Crippen LogP contribution in [0.5, 0.6) is 5.75 Å². The largest absolute Gasteiger partial charge is 0.496 e. The van der Waals surface area contributed by atoms with Crippen molar-refractivity contribution in [2.75, 3.05) is 12.4 Å². The summed E-state index contributed by atoms with van der Waals surface area (Å²) in [5.41, 5.74) is 1.93. The molecule has 0 unspecified atom stereocenters. The second-order valence-electron chi connectivity index (χ2n) is 6.19. The van der Waals surface area contributed by atoms with Gasteiger partial charge in [-0.05, 0) is 47.3 Å². The Labute approximate surface area is 167 Å². The van der Waals surface area contributed by atoms with Crippen molar-refractivity contribution in [1.82, 2.24) is 10.3 Å². The number of hydrogen-bond acceptors (Lipinski definition) is 4. The fraction of sp³-hybridized carbons (Fsp3) is 0.0455. The van der Waals surface area contributed by atoms with E-state index < -0.39 is 0 Å². The molecule has 0 aliphatic carbocycles. The number of fused-ring (bicyclic) bond motifs is 2. The van der Waals surface area contributed by atoms with Crippen molar-refractivity contribution in [3.05, 3.63) is 78.5 Å². The van der Waals surface area contributed by atoms with Gasteiger partial charge in [-0.1, -0.05) is 42.5 Å². The van der Waals surface area contributed by atoms with Crippen LogP contribution in [0.3, 0.4) is 0 Å². The zero-order valence-electron chi connectivity index (χ0n) is 15.1. The second-order valence-corrected chi connectivity index (χ2v) is 6.60. The van der Waals surface area contributed by atoms with Gasteiger partial charge in [0.25, 0.3) is 5.91 Å². The first-order valence-corrected chi connectivity index (χ1v) is 9.09. The van der Waals surface area contributed by atoms with Gasteiger partial charge in [0.1, 0.15) is 5.75 Å². The topological polar surface area (TPSA) is 63.2 Å². The summed E-state index contributed by atoms with van der Waals surface area (Å²) in [5, 5.41) is 8.90. The normalized spacial score (nSPS) is 10.6. The first-order valence-electron chi connectivity index (χ1n) is 8.68. The van der Waals surface area contributed by atoms with Crippen LogP contribution in [0.15, 0.2) is 72.9 Å². The van der Waals surface area contributed by atoms with Gasteiger partial charge >= 0.3 is 0 Å². The molecule has 2 N–H and O–H groups in total. The van der Waals surface area contributed by atoms with E-state index in [0.717, 1.165) is 27.4 Å². The standard InChI is InChI=1S/C22H17N3O2S/c1-27-19-13-16-7-3-2-6-15(16)12-17(19)21(26)25-22(28)24-18-10-4-8-14-9-5-11-23-20(14)18/h2-13H,1H3,(H2,24,25,26,28). The molecule has 0 saturated carbocycles. The van der Waals surface area contributed by atoms with E-state index in [2.05, 4.69) is 15.6 Å².